The number of aliphatic hydroxyl groups excluding tert-OH is 1. The van der Waals surface area contributed by atoms with Gasteiger partial charge in [-0.05, 0) is 24.3 Å². The van der Waals surface area contributed by atoms with Crippen LogP contribution in [0.1, 0.15) is 0 Å². The van der Waals surface area contributed by atoms with Crippen LogP contribution in [0.15, 0.2) is 65.6 Å². The summed E-state index contributed by atoms with van der Waals surface area (Å²) < 4.78 is 0. The predicted octanol–water partition coefficient (Wildman–Crippen LogP) is 2.96. The molecule has 122 valence electrons. The normalized spacial score (nSPS) is 17.2. The maximum absolute atomic E-state index is 10.3. The van der Waals surface area contributed by atoms with E-state index in [1.165, 1.54) is 10.6 Å². The molecular weight excluding hydrogens is 304 g/mol. The number of piperazine rings is 1. The third-order valence-electron chi connectivity index (χ3n) is 4.15. The molecule has 0 radical (unpaired) electrons. The van der Waals surface area contributed by atoms with E-state index in [0.29, 0.717) is 0 Å². The van der Waals surface area contributed by atoms with Crippen molar-refractivity contribution in [2.75, 3.05) is 43.4 Å². The van der Waals surface area contributed by atoms with Gasteiger partial charge in [0.2, 0.25) is 0 Å². The molecule has 1 aliphatic heterocycles. The molecule has 0 amide bonds. The first-order valence-corrected chi connectivity index (χ1v) is 9.18. The molecule has 2 aromatic rings. The quantitative estimate of drug-likeness (QED) is 0.825. The Bertz CT molecular complexity index is 570. The second kappa shape index (κ2) is 8.39. The van der Waals surface area contributed by atoms with Gasteiger partial charge in [0, 0.05) is 49.1 Å². The molecule has 1 N–H and O–H groups in total. The molecule has 2 aromatic carbocycles. The standard InChI is InChI=1S/C19H24N2OS/c22-18(16-23-19-9-5-2-6-10-19)15-20-11-13-21(14-12-20)17-7-3-1-4-8-17/h1-10,18,22H,11-16H2. The first kappa shape index (κ1) is 16.4. The van der Waals surface area contributed by atoms with Crippen LogP contribution in [0, 0.1) is 0 Å². The lowest BCUT2D eigenvalue weighted by Crippen LogP contribution is -2.48. The number of para-hydroxylation sites is 1. The summed E-state index contributed by atoms with van der Waals surface area (Å²) in [6.45, 7) is 4.86. The molecule has 0 aromatic heterocycles. The van der Waals surface area contributed by atoms with Gasteiger partial charge in [-0.3, -0.25) is 4.90 Å². The lowest BCUT2D eigenvalue weighted by atomic mass is 10.2. The van der Waals surface area contributed by atoms with Gasteiger partial charge in [-0.2, -0.15) is 0 Å². The van der Waals surface area contributed by atoms with Gasteiger partial charge in [0.1, 0.15) is 0 Å². The molecule has 1 unspecified atom stereocenters. The average molecular weight is 328 g/mol. The Labute approximate surface area is 142 Å². The van der Waals surface area contributed by atoms with Gasteiger partial charge in [0.15, 0.2) is 0 Å². The molecule has 1 atom stereocenters. The Morgan fingerprint density at radius 3 is 2.13 bits per heavy atom. The van der Waals surface area contributed by atoms with Crippen molar-refractivity contribution < 1.29 is 5.11 Å². The fourth-order valence-corrected chi connectivity index (χ4v) is 3.73. The fraction of sp³-hybridized carbons (Fsp3) is 0.368. The highest BCUT2D eigenvalue weighted by Crippen LogP contribution is 2.19. The van der Waals surface area contributed by atoms with Gasteiger partial charge < -0.3 is 10.0 Å². The van der Waals surface area contributed by atoms with Gasteiger partial charge in [-0.25, -0.2) is 0 Å². The third kappa shape index (κ3) is 4.99. The molecule has 4 heteroatoms. The molecule has 0 spiro atoms. The summed E-state index contributed by atoms with van der Waals surface area (Å²) in [5.41, 5.74) is 1.30. The summed E-state index contributed by atoms with van der Waals surface area (Å²) in [6, 6.07) is 20.9. The minimum Gasteiger partial charge on any atom is -0.391 e. The zero-order valence-electron chi connectivity index (χ0n) is 13.3. The average Bonchev–Trinajstić information content (AvgIpc) is 2.62. The number of hydrogen-bond acceptors (Lipinski definition) is 4. The monoisotopic (exact) mass is 328 g/mol. The molecule has 1 heterocycles. The van der Waals surface area contributed by atoms with E-state index in [1.807, 2.05) is 18.2 Å². The smallest absolute Gasteiger partial charge is 0.0760 e. The van der Waals surface area contributed by atoms with E-state index in [0.717, 1.165) is 38.5 Å². The third-order valence-corrected chi connectivity index (χ3v) is 5.31. The number of thioether (sulfide) groups is 1. The first-order chi connectivity index (χ1) is 11.3. The highest BCUT2D eigenvalue weighted by atomic mass is 32.2. The Kier molecular flexibility index (Phi) is 5.97. The van der Waals surface area contributed by atoms with Gasteiger partial charge in [-0.15, -0.1) is 11.8 Å². The van der Waals surface area contributed by atoms with Gasteiger partial charge in [0.25, 0.3) is 0 Å². The zero-order valence-corrected chi connectivity index (χ0v) is 14.2. The molecule has 3 nitrogen and oxygen atoms in total. The number of nitrogens with zero attached hydrogens (tertiary/aromatic N) is 2. The molecule has 1 fully saturated rings. The van der Waals surface area contributed by atoms with Crippen LogP contribution < -0.4 is 4.90 Å². The van der Waals surface area contributed by atoms with Crippen molar-refractivity contribution >= 4 is 17.4 Å². The summed E-state index contributed by atoms with van der Waals surface area (Å²) in [5.74, 6) is 0.753. The largest absolute Gasteiger partial charge is 0.391 e. The van der Waals surface area contributed by atoms with Gasteiger partial charge >= 0.3 is 0 Å². The van der Waals surface area contributed by atoms with E-state index in [2.05, 4.69) is 52.3 Å². The maximum atomic E-state index is 10.3. The molecule has 23 heavy (non-hydrogen) atoms. The molecule has 1 aliphatic rings. The number of aliphatic hydroxyl groups is 1. The van der Waals surface area contributed by atoms with Crippen LogP contribution in [0.25, 0.3) is 0 Å². The molecule has 0 bridgehead atoms. The highest BCUT2D eigenvalue weighted by molar-refractivity contribution is 7.99. The van der Waals surface area contributed by atoms with Crippen LogP contribution in [-0.4, -0.2) is 54.6 Å². The van der Waals surface area contributed by atoms with E-state index in [-0.39, 0.29) is 6.10 Å². The number of benzene rings is 2. The number of β-amino-alcohol motifs (C(OH)–C–C–N with tert-alkyl or cyclic N) is 1. The van der Waals surface area contributed by atoms with Crippen molar-refractivity contribution in [1.82, 2.24) is 4.90 Å². The lowest BCUT2D eigenvalue weighted by molar-refractivity contribution is 0.126. The Hall–Kier alpha value is -1.49. The van der Waals surface area contributed by atoms with Crippen LogP contribution >= 0.6 is 11.8 Å². The van der Waals surface area contributed by atoms with Crippen molar-refractivity contribution in [2.45, 2.75) is 11.0 Å². The van der Waals surface area contributed by atoms with Crippen molar-refractivity contribution in [3.8, 4) is 0 Å². The van der Waals surface area contributed by atoms with Gasteiger partial charge in [-0.1, -0.05) is 36.4 Å². The molecular formula is C19H24N2OS. The number of anilines is 1. The van der Waals surface area contributed by atoms with Crippen LogP contribution in [0.5, 0.6) is 0 Å². The number of hydrogen-bond donors (Lipinski definition) is 1. The van der Waals surface area contributed by atoms with E-state index < -0.39 is 0 Å². The minimum atomic E-state index is -0.275. The Morgan fingerprint density at radius 2 is 1.48 bits per heavy atom. The van der Waals surface area contributed by atoms with Crippen LogP contribution in [0.3, 0.4) is 0 Å². The van der Waals surface area contributed by atoms with Crippen molar-refractivity contribution in [2.24, 2.45) is 0 Å². The van der Waals surface area contributed by atoms with Crippen molar-refractivity contribution in [3.63, 3.8) is 0 Å². The van der Waals surface area contributed by atoms with E-state index >= 15 is 0 Å². The summed E-state index contributed by atoms with van der Waals surface area (Å²) in [6.07, 6.45) is -0.275. The second-order valence-electron chi connectivity index (χ2n) is 5.90. The Balaban J connectivity index is 1.40. The summed E-state index contributed by atoms with van der Waals surface area (Å²) in [5, 5.41) is 10.3. The zero-order chi connectivity index (χ0) is 15.9. The molecule has 0 aliphatic carbocycles. The fourth-order valence-electron chi connectivity index (χ4n) is 2.89. The summed E-state index contributed by atoms with van der Waals surface area (Å²) in [4.78, 5) is 6.01. The second-order valence-corrected chi connectivity index (χ2v) is 6.99. The number of rotatable bonds is 6. The summed E-state index contributed by atoms with van der Waals surface area (Å²) in [7, 11) is 0. The van der Waals surface area contributed by atoms with Crippen LogP contribution in [-0.2, 0) is 0 Å². The molecule has 1 saturated heterocycles. The SMILES string of the molecule is OC(CSc1ccccc1)CN1CCN(c2ccccc2)CC1. The van der Waals surface area contributed by atoms with Crippen LogP contribution in [0.2, 0.25) is 0 Å². The van der Waals surface area contributed by atoms with Gasteiger partial charge in [0.05, 0.1) is 6.10 Å². The van der Waals surface area contributed by atoms with E-state index in [4.69, 9.17) is 0 Å². The summed E-state index contributed by atoms with van der Waals surface area (Å²) >= 11 is 1.73. The topological polar surface area (TPSA) is 26.7 Å². The van der Waals surface area contributed by atoms with Crippen molar-refractivity contribution in [1.29, 1.82) is 0 Å². The van der Waals surface area contributed by atoms with E-state index in [9.17, 15) is 5.11 Å². The highest BCUT2D eigenvalue weighted by Gasteiger charge is 2.19. The van der Waals surface area contributed by atoms with E-state index in [1.54, 1.807) is 11.8 Å². The first-order valence-electron chi connectivity index (χ1n) is 8.19. The predicted molar refractivity (Wildman–Crippen MR) is 98.3 cm³/mol. The van der Waals surface area contributed by atoms with Crippen molar-refractivity contribution in [3.05, 3.63) is 60.7 Å². The minimum absolute atomic E-state index is 0.275. The molecule has 0 saturated carbocycles. The molecule has 3 rings (SSSR count). The van der Waals surface area contributed by atoms with Crippen LogP contribution in [0.4, 0.5) is 5.69 Å². The maximum Gasteiger partial charge on any atom is 0.0760 e. The lowest BCUT2D eigenvalue weighted by Gasteiger charge is -2.36. The Morgan fingerprint density at radius 1 is 0.870 bits per heavy atom.